The number of anilines is 3. The molecule has 0 aromatic heterocycles. The van der Waals surface area contributed by atoms with Crippen molar-refractivity contribution < 1.29 is 66.9 Å². The van der Waals surface area contributed by atoms with Crippen molar-refractivity contribution in [3.8, 4) is 0 Å². The van der Waals surface area contributed by atoms with Crippen molar-refractivity contribution in [1.29, 1.82) is 0 Å². The largest absolute Gasteiger partial charge is 0.476 e. The fraction of sp³-hybridized carbons (Fsp3) is 0.487. The van der Waals surface area contributed by atoms with E-state index in [-0.39, 0.29) is 67.7 Å². The van der Waals surface area contributed by atoms with Crippen LogP contribution in [0.1, 0.15) is 183 Å². The molecule has 4 atom stereocenters. The second-order valence-electron chi connectivity index (χ2n) is 24.0. The van der Waals surface area contributed by atoms with Crippen molar-refractivity contribution in [3.63, 3.8) is 0 Å². The number of aliphatic hydroxyl groups is 1. The molecule has 0 radical (unpaired) electrons. The monoisotopic (exact) mass is 1750 g/mol. The molecule has 0 saturated carbocycles. The van der Waals surface area contributed by atoms with Crippen molar-refractivity contribution in [2.75, 3.05) is 106 Å². The fourth-order valence-corrected chi connectivity index (χ4v) is 11.8. The maximum atomic E-state index is 11.3. The number of esters is 3. The number of hydrogen-bond donors (Lipinski definition) is 2. The van der Waals surface area contributed by atoms with Crippen molar-refractivity contribution in [3.05, 3.63) is 176 Å². The summed E-state index contributed by atoms with van der Waals surface area (Å²) in [4.78, 5) is 78.2. The Hall–Kier alpha value is -5.69. The van der Waals surface area contributed by atoms with E-state index in [1.165, 1.54) is 63.4 Å². The zero-order valence-corrected chi connectivity index (χ0v) is 71.3. The minimum absolute atomic E-state index is 0. The van der Waals surface area contributed by atoms with Gasteiger partial charge in [-0.05, 0) is 267 Å². The lowest BCUT2D eigenvalue weighted by molar-refractivity contribution is -0.158. The molecule has 26 heteroatoms. The zero-order valence-electron chi connectivity index (χ0n) is 63.5. The number of benzene rings is 5. The van der Waals surface area contributed by atoms with Gasteiger partial charge in [0.25, 0.3) is 0 Å². The van der Waals surface area contributed by atoms with E-state index in [4.69, 9.17) is 40.4 Å². The average Bonchev–Trinajstić information content (AvgIpc) is 0.786. The van der Waals surface area contributed by atoms with Gasteiger partial charge in [0.05, 0.1) is 45.7 Å². The molecule has 4 unspecified atom stereocenters. The van der Waals surface area contributed by atoms with E-state index in [0.29, 0.717) is 29.9 Å². The lowest BCUT2D eigenvalue weighted by atomic mass is 10.0. The van der Waals surface area contributed by atoms with E-state index in [0.717, 1.165) is 187 Å². The van der Waals surface area contributed by atoms with E-state index >= 15 is 0 Å². The van der Waals surface area contributed by atoms with Crippen LogP contribution in [-0.4, -0.2) is 150 Å². The quantitative estimate of drug-likeness (QED) is 0.00313. The topological polar surface area (TPSA) is 221 Å². The van der Waals surface area contributed by atoms with Gasteiger partial charge in [-0.3, -0.25) is 51.8 Å². The number of carbonyl (C=O) groups excluding carboxylic acids is 7. The number of nitrogens with zero attached hydrogens (tertiary/aromatic N) is 4. The Bertz CT molecular complexity index is 3180. The van der Waals surface area contributed by atoms with Crippen LogP contribution >= 0.6 is 90.4 Å². The lowest BCUT2D eigenvalue weighted by Crippen LogP contribution is -2.60. The van der Waals surface area contributed by atoms with Gasteiger partial charge in [-0.1, -0.05) is 65.5 Å². The molecule has 19 nitrogen and oxygen atoms in total. The standard InChI is InChI=1S/C17H24NO3.C16H23NO3.C15H22NO2.C14H21NO2.C8H11N.C7H13BrO2.C3H3ClO.Cl3OP.HI/c1-3-18(16-10-8-15(13-19)9-11-16)12-6-5-7-17(18)21-14-20-4-2;1-3-17(11-5-4-6-12-20-14(2)19)16-9-7-15(13-18)8-10-16;1-3-16(14-9-5-4-6-10-14)12-8-7-11-15(16)18-13(2)17;1-2-15(10-4-3-5-11-16)14-8-6-13(12-17)7-9-14;1-2-9-8-6-4-3-5-7-8;1-7(9)10-6-4-2-3-5-8;1-2-3(4)5;1-5(2,3)4;/h4,8-11,13,17H,2-3,5-7,12,14H2,1H3;7-10,13H,3-6,11-12H2,1-2H3;4-6,9-10,15H,3,7-8,11-12H2,1-2H3;6-9,12,16H,2-5,10-11H2,1H3;3-7,9H,2H2,1H3;2-6H2,1H3;2H,1H2;;1H/q+1;;+1;;;;;;. The first kappa shape index (κ1) is 102. The van der Waals surface area contributed by atoms with Crippen molar-refractivity contribution in [1.82, 2.24) is 8.97 Å². The number of ether oxygens (including phenoxy) is 5. The Kier molecular flexibility index (Phi) is 62.0. The van der Waals surface area contributed by atoms with Gasteiger partial charge in [0.2, 0.25) is 17.7 Å². The van der Waals surface area contributed by atoms with E-state index in [1.807, 2.05) is 97.1 Å². The predicted molar refractivity (Wildman–Crippen MR) is 454 cm³/mol. The Balaban J connectivity index is 0. The molecule has 0 spiro atoms. The smallest absolute Gasteiger partial charge is 0.339 e. The highest BCUT2D eigenvalue weighted by atomic mass is 127. The molecule has 2 heterocycles. The normalized spacial score (nSPS) is 15.8. The average molecular weight is 1750 g/mol. The molecule has 5 aromatic carbocycles. The van der Waals surface area contributed by atoms with Crippen LogP contribution in [0.15, 0.2) is 159 Å². The molecule has 2 fully saturated rings. The third kappa shape index (κ3) is 47.3. The van der Waals surface area contributed by atoms with Crippen LogP contribution in [0, 0.1) is 0 Å². The van der Waals surface area contributed by atoms with Crippen LogP contribution < -0.4 is 24.1 Å². The molecule has 106 heavy (non-hydrogen) atoms. The summed E-state index contributed by atoms with van der Waals surface area (Å²) < 4.78 is 37.4. The first-order chi connectivity index (χ1) is 50.4. The first-order valence-electron chi connectivity index (χ1n) is 36.1. The molecule has 5 aromatic rings. The van der Waals surface area contributed by atoms with E-state index in [1.54, 1.807) is 0 Å². The number of unbranched alkanes of at least 4 members (excludes halogenated alkanes) is 6. The number of likely N-dealkylation sites (tertiary alicyclic amines) is 2. The number of halogens is 6. The Labute approximate surface area is 677 Å². The van der Waals surface area contributed by atoms with Crippen molar-refractivity contribution in [2.24, 2.45) is 0 Å². The van der Waals surface area contributed by atoms with Gasteiger partial charge in [-0.25, -0.2) is 0 Å². The highest BCUT2D eigenvalue weighted by Gasteiger charge is 2.43. The number of alkyl halides is 1. The summed E-state index contributed by atoms with van der Waals surface area (Å²) in [5.74, 6) is -0.567. The first-order valence-corrected chi connectivity index (χ1v) is 42.0. The summed E-state index contributed by atoms with van der Waals surface area (Å²) >= 11 is 21.9. The predicted octanol–water partition coefficient (Wildman–Crippen LogP) is 20.7. The Morgan fingerprint density at radius 1 is 0.575 bits per heavy atom. The fourth-order valence-electron chi connectivity index (χ4n) is 11.4. The summed E-state index contributed by atoms with van der Waals surface area (Å²) in [6, 6.07) is 43.8. The highest BCUT2D eigenvalue weighted by molar-refractivity contribution is 14.0. The molecule has 7 rings (SSSR count). The number of carbonyl (C=O) groups is 7. The summed E-state index contributed by atoms with van der Waals surface area (Å²) in [5.41, 5.74) is 8.06. The molecule has 2 saturated heterocycles. The number of para-hydroxylation sites is 2. The van der Waals surface area contributed by atoms with E-state index in [2.05, 4.69) is 149 Å². The van der Waals surface area contributed by atoms with Crippen LogP contribution in [0.3, 0.4) is 0 Å². The lowest BCUT2D eigenvalue weighted by Gasteiger charge is -2.45. The summed E-state index contributed by atoms with van der Waals surface area (Å²) in [5, 5.41) is 9.23. The molecule has 0 bridgehead atoms. The molecular weight excluding hydrogens is 1630 g/mol. The number of quaternary nitrogens is 2. The van der Waals surface area contributed by atoms with Gasteiger partial charge < -0.3 is 39.2 Å². The second-order valence-corrected chi connectivity index (χ2v) is 31.8. The zero-order chi connectivity index (χ0) is 78.6. The molecule has 2 aliphatic heterocycles. The number of aldehydes is 3. The van der Waals surface area contributed by atoms with Gasteiger partial charge >= 0.3 is 23.1 Å². The van der Waals surface area contributed by atoms with Gasteiger partial charge in [0.15, 0.2) is 6.79 Å². The van der Waals surface area contributed by atoms with Crippen LogP contribution in [0.25, 0.3) is 0 Å². The van der Waals surface area contributed by atoms with Crippen molar-refractivity contribution >= 4 is 161 Å². The third-order valence-corrected chi connectivity index (χ3v) is 17.4. The molecule has 0 aliphatic carbocycles. The third-order valence-electron chi connectivity index (χ3n) is 16.7. The molecular formula is C80H118BrCl4IN5O14P+2. The van der Waals surface area contributed by atoms with Gasteiger partial charge in [-0.15, -0.1) is 24.0 Å². The van der Waals surface area contributed by atoms with Crippen LogP contribution in [0.5, 0.6) is 0 Å². The van der Waals surface area contributed by atoms with Crippen molar-refractivity contribution in [2.45, 2.75) is 164 Å². The SMILES string of the molecule is C=CC(=O)Cl.C=COCOC1CCCC[N+]1(CC)c1ccc(C=O)cc1.CC(=O)OCCCCCBr.CCN(CCCCCO)c1ccc(C=O)cc1.CCN(CCCCCOC(C)=O)c1ccc(C=O)cc1.CCNc1ccccc1.CC[N+]1(c2ccccc2)CCCCC1OC(C)=O.I.O=P(Cl)(Cl)Cl. The summed E-state index contributed by atoms with van der Waals surface area (Å²) in [7, 11) is 0. The Morgan fingerprint density at radius 2 is 0.972 bits per heavy atom. The van der Waals surface area contributed by atoms with Gasteiger partial charge in [-0.2, -0.15) is 0 Å². The van der Waals surface area contributed by atoms with Crippen LogP contribution in [0.2, 0.25) is 0 Å². The number of rotatable bonds is 35. The maximum Gasteiger partial charge on any atom is 0.339 e. The van der Waals surface area contributed by atoms with E-state index in [9.17, 15) is 38.1 Å². The molecule has 2 N–H and O–H groups in total. The molecule has 2 aliphatic rings. The van der Waals surface area contributed by atoms with E-state index < -0.39 is 10.4 Å². The summed E-state index contributed by atoms with van der Waals surface area (Å²) in [6.45, 7) is 32.1. The van der Waals surface area contributed by atoms with Gasteiger partial charge in [0.1, 0.15) is 30.2 Å². The number of allylic oxidation sites excluding steroid dienone is 1. The second kappa shape index (κ2) is 64.2. The summed E-state index contributed by atoms with van der Waals surface area (Å²) in [6.07, 6.45) is 21.1. The molecule has 592 valence electrons. The Morgan fingerprint density at radius 3 is 1.34 bits per heavy atom. The number of nitrogens with one attached hydrogen (secondary N) is 1. The van der Waals surface area contributed by atoms with Crippen LogP contribution in [-0.2, 0) is 47.4 Å². The van der Waals surface area contributed by atoms with Gasteiger partial charge in [0, 0.05) is 112 Å². The molecule has 0 amide bonds. The van der Waals surface area contributed by atoms with Crippen LogP contribution in [0.4, 0.5) is 28.4 Å². The minimum Gasteiger partial charge on any atom is -0.476 e. The number of aliphatic hydroxyl groups excluding tert-OH is 1. The minimum atomic E-state index is -3.22. The highest BCUT2D eigenvalue weighted by Crippen LogP contribution is 2.61. The number of hydrogen-bond acceptors (Lipinski definition) is 17. The number of piperidine rings is 2. The maximum absolute atomic E-state index is 11.3.